The minimum absolute atomic E-state index is 0.170. The molecule has 2 rings (SSSR count). The summed E-state index contributed by atoms with van der Waals surface area (Å²) in [5.74, 6) is -0.946. The van der Waals surface area contributed by atoms with Gasteiger partial charge in [0.15, 0.2) is 6.10 Å². The summed E-state index contributed by atoms with van der Waals surface area (Å²) in [5.41, 5.74) is 0.509. The Bertz CT molecular complexity index is 1060. The van der Waals surface area contributed by atoms with Gasteiger partial charge in [0.05, 0.1) is 6.10 Å². The van der Waals surface area contributed by atoms with Crippen LogP contribution in [0.1, 0.15) is 44.1 Å². The number of carbonyl (C=O) groups is 3. The van der Waals surface area contributed by atoms with Crippen molar-refractivity contribution in [3.05, 3.63) is 58.6 Å². The summed E-state index contributed by atoms with van der Waals surface area (Å²) in [6.07, 6.45) is -3.56. The molecule has 4 N–H and O–H groups in total. The number of β-amino-alcohol motifs (C(OH)–C–C–N with tert-alkyl or cyclic N) is 1. The van der Waals surface area contributed by atoms with E-state index in [2.05, 4.69) is 5.32 Å². The summed E-state index contributed by atoms with van der Waals surface area (Å²) in [6.45, 7) is 6.24. The van der Waals surface area contributed by atoms with E-state index in [0.29, 0.717) is 5.56 Å². The van der Waals surface area contributed by atoms with E-state index in [-0.39, 0.29) is 34.2 Å². The first-order chi connectivity index (χ1) is 17.5. The standard InChI is InChI=1S/C18H29N3O5.C8H7ClO3/c1-18(2,3)19-11-15(22)12-8-13(25-16(23)20(4)5)10-14(9-12)26-17(24)21(6)7;9-6-4-2-1-3-5(6)7(10)8(11)12/h8-10,15,19,22H,11H2,1-7H3;1-4,7,10H,(H,11,12)/t15-;7-/m10/s1. The van der Waals surface area contributed by atoms with Crippen LogP contribution in [0.4, 0.5) is 9.59 Å². The summed E-state index contributed by atoms with van der Waals surface area (Å²) in [7, 11) is 6.23. The monoisotopic (exact) mass is 553 g/mol. The van der Waals surface area contributed by atoms with Crippen molar-refractivity contribution in [2.45, 2.75) is 38.5 Å². The van der Waals surface area contributed by atoms with E-state index >= 15 is 0 Å². The van der Waals surface area contributed by atoms with E-state index in [1.165, 1.54) is 28.0 Å². The molecule has 0 aliphatic carbocycles. The molecule has 0 bridgehead atoms. The van der Waals surface area contributed by atoms with Crippen molar-refractivity contribution in [1.29, 1.82) is 0 Å². The molecule has 11 nitrogen and oxygen atoms in total. The van der Waals surface area contributed by atoms with E-state index < -0.39 is 30.4 Å². The van der Waals surface area contributed by atoms with Crippen LogP contribution in [0.25, 0.3) is 0 Å². The number of benzene rings is 2. The number of hydrogen-bond donors (Lipinski definition) is 4. The predicted molar refractivity (Wildman–Crippen MR) is 143 cm³/mol. The van der Waals surface area contributed by atoms with E-state index in [4.69, 9.17) is 31.3 Å². The van der Waals surface area contributed by atoms with Crippen LogP contribution in [0.5, 0.6) is 11.5 Å². The van der Waals surface area contributed by atoms with Crippen LogP contribution >= 0.6 is 11.6 Å². The fourth-order valence-corrected chi connectivity index (χ4v) is 2.88. The second kappa shape index (κ2) is 14.5. The summed E-state index contributed by atoms with van der Waals surface area (Å²) in [5, 5.41) is 31.5. The van der Waals surface area contributed by atoms with Gasteiger partial charge in [0, 0.05) is 56.9 Å². The zero-order valence-corrected chi connectivity index (χ0v) is 23.3. The van der Waals surface area contributed by atoms with E-state index in [1.807, 2.05) is 20.8 Å². The molecule has 0 saturated carbocycles. The number of carboxylic acid groups (broad SMARTS) is 1. The molecule has 210 valence electrons. The van der Waals surface area contributed by atoms with Crippen molar-refractivity contribution in [2.24, 2.45) is 0 Å². The first-order valence-electron chi connectivity index (χ1n) is 11.5. The Morgan fingerprint density at radius 2 is 1.39 bits per heavy atom. The van der Waals surface area contributed by atoms with Crippen LogP contribution in [0, 0.1) is 0 Å². The lowest BCUT2D eigenvalue weighted by atomic mass is 10.1. The summed E-state index contributed by atoms with van der Waals surface area (Å²) >= 11 is 5.64. The molecule has 0 aromatic heterocycles. The molecule has 0 saturated heterocycles. The maximum atomic E-state index is 11.8. The van der Waals surface area contributed by atoms with Crippen molar-refractivity contribution in [2.75, 3.05) is 34.7 Å². The quantitative estimate of drug-likeness (QED) is 0.402. The number of nitrogens with one attached hydrogen (secondary N) is 1. The largest absolute Gasteiger partial charge is 0.479 e. The Kier molecular flexibility index (Phi) is 12.5. The number of halogens is 1. The number of carboxylic acids is 1. The smallest absolute Gasteiger partial charge is 0.414 e. The number of rotatable bonds is 7. The number of hydrogen-bond acceptors (Lipinski definition) is 8. The maximum Gasteiger partial charge on any atom is 0.414 e. The lowest BCUT2D eigenvalue weighted by Gasteiger charge is -2.23. The zero-order valence-electron chi connectivity index (χ0n) is 22.6. The summed E-state index contributed by atoms with van der Waals surface area (Å²) in [6, 6.07) is 10.8. The fourth-order valence-electron chi connectivity index (χ4n) is 2.64. The molecule has 0 aliphatic rings. The highest BCUT2D eigenvalue weighted by atomic mass is 35.5. The highest BCUT2D eigenvalue weighted by molar-refractivity contribution is 6.31. The van der Waals surface area contributed by atoms with Gasteiger partial charge in [-0.3, -0.25) is 0 Å². The fraction of sp³-hybridized carbons (Fsp3) is 0.423. The normalized spacial score (nSPS) is 12.4. The van der Waals surface area contributed by atoms with Crippen molar-refractivity contribution >= 4 is 29.8 Å². The minimum atomic E-state index is -1.54. The zero-order chi connectivity index (χ0) is 29.2. The minimum Gasteiger partial charge on any atom is -0.479 e. The maximum absolute atomic E-state index is 11.8. The predicted octanol–water partition coefficient (Wildman–Crippen LogP) is 3.69. The molecule has 12 heteroatoms. The van der Waals surface area contributed by atoms with Crippen molar-refractivity contribution < 1.29 is 39.2 Å². The Hall–Kier alpha value is -3.38. The van der Waals surface area contributed by atoms with Crippen molar-refractivity contribution in [3.8, 4) is 11.5 Å². The van der Waals surface area contributed by atoms with Gasteiger partial charge in [0.2, 0.25) is 0 Å². The molecule has 2 aromatic carbocycles. The average molecular weight is 554 g/mol. The molecule has 2 amide bonds. The second-order valence-corrected chi connectivity index (χ2v) is 10.1. The van der Waals surface area contributed by atoms with Gasteiger partial charge in [-0.15, -0.1) is 0 Å². The molecule has 0 radical (unpaired) electrons. The average Bonchev–Trinajstić information content (AvgIpc) is 2.81. The summed E-state index contributed by atoms with van der Waals surface area (Å²) in [4.78, 5) is 36.5. The lowest BCUT2D eigenvalue weighted by molar-refractivity contribution is -0.146. The molecular weight excluding hydrogens is 518 g/mol. The van der Waals surface area contributed by atoms with Crippen molar-refractivity contribution in [1.82, 2.24) is 15.1 Å². The highest BCUT2D eigenvalue weighted by Crippen LogP contribution is 2.28. The number of aliphatic carboxylic acids is 1. The van der Waals surface area contributed by atoms with Gasteiger partial charge >= 0.3 is 18.2 Å². The van der Waals surface area contributed by atoms with Crippen LogP contribution in [-0.4, -0.2) is 83.5 Å². The third-order valence-corrected chi connectivity index (χ3v) is 5.03. The Balaban J connectivity index is 0.000000499. The third-order valence-electron chi connectivity index (χ3n) is 4.69. The van der Waals surface area contributed by atoms with Gasteiger partial charge in [-0.1, -0.05) is 29.8 Å². The van der Waals surface area contributed by atoms with Gasteiger partial charge in [-0.05, 0) is 44.5 Å². The Morgan fingerprint density at radius 1 is 0.921 bits per heavy atom. The summed E-state index contributed by atoms with van der Waals surface area (Å²) < 4.78 is 10.5. The molecule has 38 heavy (non-hydrogen) atoms. The highest BCUT2D eigenvalue weighted by Gasteiger charge is 2.19. The Morgan fingerprint density at radius 3 is 1.79 bits per heavy atom. The second-order valence-electron chi connectivity index (χ2n) is 9.67. The van der Waals surface area contributed by atoms with Gasteiger partial charge in [0.1, 0.15) is 11.5 Å². The number of aliphatic hydroxyl groups is 2. The topological polar surface area (TPSA) is 149 Å². The SMILES string of the molecule is CN(C)C(=O)Oc1cc(OC(=O)N(C)C)cc([C@H](O)CNC(C)(C)C)c1.O=C(O)[C@@H](O)c1ccccc1Cl. The molecule has 0 heterocycles. The van der Waals surface area contributed by atoms with Crippen LogP contribution in [0.15, 0.2) is 42.5 Å². The van der Waals surface area contributed by atoms with Gasteiger partial charge in [0.25, 0.3) is 0 Å². The molecule has 2 aromatic rings. The van der Waals surface area contributed by atoms with Crippen LogP contribution < -0.4 is 14.8 Å². The van der Waals surface area contributed by atoms with Gasteiger partial charge < -0.3 is 39.9 Å². The van der Waals surface area contributed by atoms with Crippen LogP contribution in [-0.2, 0) is 4.79 Å². The lowest BCUT2D eigenvalue weighted by Crippen LogP contribution is -2.38. The molecule has 0 aliphatic heterocycles. The number of carbonyl (C=O) groups excluding carboxylic acids is 2. The molecule has 0 spiro atoms. The molecular formula is C26H36ClN3O8. The first kappa shape index (κ1) is 32.6. The Labute approximate surface area is 227 Å². The van der Waals surface area contributed by atoms with E-state index in [1.54, 1.807) is 52.5 Å². The van der Waals surface area contributed by atoms with Crippen molar-refractivity contribution in [3.63, 3.8) is 0 Å². The first-order valence-corrected chi connectivity index (χ1v) is 11.9. The number of ether oxygens (including phenoxy) is 2. The third kappa shape index (κ3) is 11.3. The van der Waals surface area contributed by atoms with Gasteiger partial charge in [-0.25, -0.2) is 14.4 Å². The molecule has 2 atom stereocenters. The van der Waals surface area contributed by atoms with Gasteiger partial charge in [-0.2, -0.15) is 0 Å². The van der Waals surface area contributed by atoms with Crippen LogP contribution in [0.2, 0.25) is 5.02 Å². The number of nitrogens with zero attached hydrogens (tertiary/aromatic N) is 2. The van der Waals surface area contributed by atoms with Crippen LogP contribution in [0.3, 0.4) is 0 Å². The number of amides is 2. The van der Waals surface area contributed by atoms with E-state index in [0.717, 1.165) is 0 Å². The molecule has 0 unspecified atom stereocenters. The molecule has 0 fully saturated rings. The number of aliphatic hydroxyl groups excluding tert-OH is 2. The van der Waals surface area contributed by atoms with E-state index in [9.17, 15) is 19.5 Å².